The largest absolute Gasteiger partial charge is 0.454 e. The Labute approximate surface area is 138 Å². The van der Waals surface area contributed by atoms with Crippen LogP contribution in [0.4, 0.5) is 0 Å². The summed E-state index contributed by atoms with van der Waals surface area (Å²) in [4.78, 5) is 4.38. The first-order valence-electron chi connectivity index (χ1n) is 7.33. The number of nitrogens with zero attached hydrogens (tertiary/aromatic N) is 2. The maximum Gasteiger partial charge on any atom is 0.231 e. The third kappa shape index (κ3) is 2.79. The molecule has 0 saturated carbocycles. The molecule has 1 fully saturated rings. The Morgan fingerprint density at radius 2 is 2.09 bits per heavy atom. The summed E-state index contributed by atoms with van der Waals surface area (Å²) in [7, 11) is -2.89. The molecule has 0 aliphatic carbocycles. The number of hydrogen-bond acceptors (Lipinski definition) is 5. The molecule has 6 nitrogen and oxygen atoms in total. The number of halogens is 1. The minimum atomic E-state index is -2.89. The number of imidazole rings is 1. The van der Waals surface area contributed by atoms with Crippen molar-refractivity contribution in [3.8, 4) is 22.9 Å². The van der Waals surface area contributed by atoms with Gasteiger partial charge in [-0.25, -0.2) is 13.4 Å². The molecule has 4 rings (SSSR count). The lowest BCUT2D eigenvalue weighted by molar-refractivity contribution is 0.174. The van der Waals surface area contributed by atoms with Crippen LogP contribution in [0.15, 0.2) is 24.5 Å². The van der Waals surface area contributed by atoms with Gasteiger partial charge in [0.25, 0.3) is 0 Å². The minimum Gasteiger partial charge on any atom is -0.454 e. The molecule has 1 saturated heterocycles. The van der Waals surface area contributed by atoms with Gasteiger partial charge < -0.3 is 14.0 Å². The van der Waals surface area contributed by atoms with Crippen molar-refractivity contribution in [1.82, 2.24) is 9.55 Å². The van der Waals surface area contributed by atoms with E-state index in [-0.39, 0.29) is 24.2 Å². The number of hydrogen-bond donors (Lipinski definition) is 0. The molecule has 0 bridgehead atoms. The molecule has 0 radical (unpaired) electrons. The lowest BCUT2D eigenvalue weighted by Crippen LogP contribution is -2.13. The van der Waals surface area contributed by atoms with Crippen LogP contribution in [0.1, 0.15) is 6.42 Å². The van der Waals surface area contributed by atoms with Crippen LogP contribution >= 0.6 is 11.6 Å². The van der Waals surface area contributed by atoms with Crippen molar-refractivity contribution in [1.29, 1.82) is 0 Å². The molecule has 0 unspecified atom stereocenters. The number of fused-ring (bicyclic) bond motifs is 1. The zero-order chi connectivity index (χ0) is 16.0. The van der Waals surface area contributed by atoms with Gasteiger partial charge in [-0.3, -0.25) is 0 Å². The van der Waals surface area contributed by atoms with E-state index in [9.17, 15) is 8.42 Å². The van der Waals surface area contributed by atoms with Gasteiger partial charge in [0.2, 0.25) is 6.79 Å². The van der Waals surface area contributed by atoms with E-state index in [0.29, 0.717) is 35.3 Å². The Balaban J connectivity index is 1.65. The topological polar surface area (TPSA) is 70.4 Å². The van der Waals surface area contributed by atoms with Gasteiger partial charge >= 0.3 is 0 Å². The molecule has 23 heavy (non-hydrogen) atoms. The van der Waals surface area contributed by atoms with Crippen LogP contribution in [-0.2, 0) is 16.4 Å². The van der Waals surface area contributed by atoms with E-state index < -0.39 is 9.84 Å². The fraction of sp³-hybridized carbons (Fsp3) is 0.400. The summed E-state index contributed by atoms with van der Waals surface area (Å²) in [6.45, 7) is 0.794. The summed E-state index contributed by atoms with van der Waals surface area (Å²) in [5.74, 6) is 2.59. The third-order valence-electron chi connectivity index (χ3n) is 4.20. The highest BCUT2D eigenvalue weighted by molar-refractivity contribution is 7.91. The van der Waals surface area contributed by atoms with Crippen LogP contribution in [0, 0.1) is 5.92 Å². The lowest BCUT2D eigenvalue weighted by Gasteiger charge is -2.13. The Bertz CT molecular complexity index is 862. The summed E-state index contributed by atoms with van der Waals surface area (Å²) in [5.41, 5.74) is 0.752. The van der Waals surface area contributed by atoms with E-state index in [4.69, 9.17) is 21.1 Å². The van der Waals surface area contributed by atoms with Crippen molar-refractivity contribution >= 4 is 21.4 Å². The molecular formula is C15H15ClN2O4S. The van der Waals surface area contributed by atoms with Gasteiger partial charge in [0, 0.05) is 30.6 Å². The van der Waals surface area contributed by atoms with Crippen molar-refractivity contribution in [2.45, 2.75) is 13.0 Å². The van der Waals surface area contributed by atoms with Crippen LogP contribution in [0.3, 0.4) is 0 Å². The summed E-state index contributed by atoms with van der Waals surface area (Å²) in [5, 5.41) is 0.528. The zero-order valence-corrected chi connectivity index (χ0v) is 13.8. The first-order chi connectivity index (χ1) is 11.0. The summed E-state index contributed by atoms with van der Waals surface area (Å²) < 4.78 is 35.9. The van der Waals surface area contributed by atoms with Crippen LogP contribution in [0.5, 0.6) is 11.5 Å². The first kappa shape index (κ1) is 14.8. The van der Waals surface area contributed by atoms with Gasteiger partial charge in [-0.15, -0.1) is 0 Å². The molecule has 2 aliphatic rings. The van der Waals surface area contributed by atoms with Crippen molar-refractivity contribution in [3.63, 3.8) is 0 Å². The molecule has 0 amide bonds. The van der Waals surface area contributed by atoms with E-state index >= 15 is 0 Å². The normalized spacial score (nSPS) is 21.7. The van der Waals surface area contributed by atoms with Crippen molar-refractivity contribution in [2.24, 2.45) is 5.92 Å². The number of aromatic nitrogens is 2. The molecule has 1 aromatic carbocycles. The highest BCUT2D eigenvalue weighted by Gasteiger charge is 2.29. The highest BCUT2D eigenvalue weighted by Crippen LogP contribution is 2.40. The van der Waals surface area contributed by atoms with Gasteiger partial charge in [-0.1, -0.05) is 11.6 Å². The molecule has 1 aromatic heterocycles. The monoisotopic (exact) mass is 354 g/mol. The Hall–Kier alpha value is -1.73. The number of sulfone groups is 1. The minimum absolute atomic E-state index is 0.112. The third-order valence-corrected chi connectivity index (χ3v) is 6.35. The van der Waals surface area contributed by atoms with E-state index in [1.807, 2.05) is 16.8 Å². The summed E-state index contributed by atoms with van der Waals surface area (Å²) >= 11 is 6.35. The molecule has 2 aromatic rings. The average Bonchev–Trinajstić information content (AvgIpc) is 3.18. The molecule has 8 heteroatoms. The fourth-order valence-corrected chi connectivity index (χ4v) is 5.17. The summed E-state index contributed by atoms with van der Waals surface area (Å²) in [6.07, 6.45) is 4.23. The van der Waals surface area contributed by atoms with E-state index in [1.54, 1.807) is 12.3 Å². The number of rotatable bonds is 3. The predicted octanol–water partition coefficient (Wildman–Crippen LogP) is 2.37. The smallest absolute Gasteiger partial charge is 0.231 e. The second-order valence-corrected chi connectivity index (χ2v) is 8.49. The molecule has 2 aliphatic heterocycles. The van der Waals surface area contributed by atoms with Crippen LogP contribution in [0.2, 0.25) is 5.02 Å². The van der Waals surface area contributed by atoms with Crippen LogP contribution in [0.25, 0.3) is 11.4 Å². The maximum atomic E-state index is 11.6. The highest BCUT2D eigenvalue weighted by atomic mass is 35.5. The lowest BCUT2D eigenvalue weighted by atomic mass is 10.1. The van der Waals surface area contributed by atoms with Gasteiger partial charge in [-0.05, 0) is 18.4 Å². The molecule has 0 spiro atoms. The van der Waals surface area contributed by atoms with E-state index in [0.717, 1.165) is 5.56 Å². The van der Waals surface area contributed by atoms with Gasteiger partial charge in [0.1, 0.15) is 5.82 Å². The zero-order valence-electron chi connectivity index (χ0n) is 12.2. The standard InChI is InChI=1S/C15H15ClN2O4S/c16-12-6-14-13(21-9-22-14)5-11(12)15-17-2-3-18(15)7-10-1-4-23(19,20)8-10/h2-3,5-6,10H,1,4,7-9H2/t10-/m0/s1. The van der Waals surface area contributed by atoms with Gasteiger partial charge in [0.15, 0.2) is 21.3 Å². The van der Waals surface area contributed by atoms with Crippen molar-refractivity contribution in [3.05, 3.63) is 29.5 Å². The quantitative estimate of drug-likeness (QED) is 0.846. The van der Waals surface area contributed by atoms with Crippen LogP contribution < -0.4 is 9.47 Å². The fourth-order valence-electron chi connectivity index (χ4n) is 3.08. The molecule has 122 valence electrons. The second-order valence-electron chi connectivity index (χ2n) is 5.86. The Kier molecular flexibility index (Phi) is 3.50. The van der Waals surface area contributed by atoms with Crippen molar-refractivity contribution in [2.75, 3.05) is 18.3 Å². The second kappa shape index (κ2) is 5.42. The molecule has 0 N–H and O–H groups in total. The number of ether oxygens (including phenoxy) is 2. The SMILES string of the molecule is O=S1(=O)CC[C@@H](Cn2ccnc2-c2cc3c(cc2Cl)OCO3)C1. The van der Waals surface area contributed by atoms with Crippen molar-refractivity contribution < 1.29 is 17.9 Å². The summed E-state index contributed by atoms with van der Waals surface area (Å²) in [6, 6.07) is 3.53. The predicted molar refractivity (Wildman–Crippen MR) is 85.6 cm³/mol. The van der Waals surface area contributed by atoms with Gasteiger partial charge in [-0.2, -0.15) is 0 Å². The Morgan fingerprint density at radius 1 is 1.30 bits per heavy atom. The van der Waals surface area contributed by atoms with E-state index in [1.165, 1.54) is 0 Å². The van der Waals surface area contributed by atoms with Crippen LogP contribution in [-0.4, -0.2) is 36.3 Å². The van der Waals surface area contributed by atoms with Gasteiger partial charge in [0.05, 0.1) is 16.5 Å². The molecular weight excluding hydrogens is 340 g/mol. The average molecular weight is 355 g/mol. The Morgan fingerprint density at radius 3 is 2.83 bits per heavy atom. The van der Waals surface area contributed by atoms with E-state index in [2.05, 4.69) is 4.98 Å². The molecule has 1 atom stereocenters. The number of benzene rings is 1. The molecule has 3 heterocycles. The first-order valence-corrected chi connectivity index (χ1v) is 9.53. The maximum absolute atomic E-state index is 11.6.